The van der Waals surface area contributed by atoms with Gasteiger partial charge >= 0.3 is 11.9 Å². The molecule has 0 fully saturated rings. The summed E-state index contributed by atoms with van der Waals surface area (Å²) in [5.74, 6) is -2.88. The van der Waals surface area contributed by atoms with Gasteiger partial charge in [-0.1, -0.05) is 6.07 Å². The Hall–Kier alpha value is -1.98. The van der Waals surface area contributed by atoms with Gasteiger partial charge < -0.3 is 9.47 Å². The molecule has 0 bridgehead atoms. The molecule has 0 saturated heterocycles. The van der Waals surface area contributed by atoms with Crippen molar-refractivity contribution in [3.63, 3.8) is 0 Å². The van der Waals surface area contributed by atoms with E-state index in [4.69, 9.17) is 9.47 Å². The van der Waals surface area contributed by atoms with Crippen LogP contribution in [0.1, 0.15) is 19.4 Å². The quantitative estimate of drug-likeness (QED) is 0.753. The smallest absolute Gasteiger partial charge is 0.302 e. The van der Waals surface area contributed by atoms with Gasteiger partial charge in [-0.2, -0.15) is 0 Å². The Morgan fingerprint density at radius 2 is 1.50 bits per heavy atom. The zero-order valence-corrected chi connectivity index (χ0v) is 11.3. The standard InChI is InChI=1S/C14H16F2O4/c1-9(17)19-7-11(8-20-10(2)18)6-12-13(15)4-3-5-14(12)16/h3-5,11H,6-8H2,1-2H3. The van der Waals surface area contributed by atoms with Crippen LogP contribution in [-0.4, -0.2) is 25.2 Å². The number of benzene rings is 1. The topological polar surface area (TPSA) is 52.6 Å². The van der Waals surface area contributed by atoms with Crippen molar-refractivity contribution < 1.29 is 27.8 Å². The molecule has 6 heteroatoms. The maximum atomic E-state index is 13.6. The number of hydrogen-bond donors (Lipinski definition) is 0. The average molecular weight is 286 g/mol. The molecule has 0 atom stereocenters. The van der Waals surface area contributed by atoms with E-state index in [1.807, 2.05) is 0 Å². The van der Waals surface area contributed by atoms with Gasteiger partial charge in [0.25, 0.3) is 0 Å². The number of ether oxygens (including phenoxy) is 2. The van der Waals surface area contributed by atoms with Crippen molar-refractivity contribution >= 4 is 11.9 Å². The van der Waals surface area contributed by atoms with Crippen LogP contribution in [0, 0.1) is 17.6 Å². The average Bonchev–Trinajstić information content (AvgIpc) is 2.35. The minimum Gasteiger partial charge on any atom is -0.465 e. The van der Waals surface area contributed by atoms with Crippen molar-refractivity contribution in [1.82, 2.24) is 0 Å². The summed E-state index contributed by atoms with van der Waals surface area (Å²) in [6, 6.07) is 3.56. The molecule has 0 amide bonds. The van der Waals surface area contributed by atoms with Crippen LogP contribution < -0.4 is 0 Å². The van der Waals surface area contributed by atoms with Gasteiger partial charge in [0, 0.05) is 25.3 Å². The molecule has 20 heavy (non-hydrogen) atoms. The highest BCUT2D eigenvalue weighted by molar-refractivity contribution is 5.66. The molecule has 0 unspecified atom stereocenters. The molecule has 0 heterocycles. The normalized spacial score (nSPS) is 10.4. The van der Waals surface area contributed by atoms with Crippen LogP contribution in [0.4, 0.5) is 8.78 Å². The highest BCUT2D eigenvalue weighted by Crippen LogP contribution is 2.17. The molecule has 1 aromatic carbocycles. The molecular weight excluding hydrogens is 270 g/mol. The lowest BCUT2D eigenvalue weighted by Crippen LogP contribution is -2.22. The lowest BCUT2D eigenvalue weighted by molar-refractivity contribution is -0.146. The molecule has 0 N–H and O–H groups in total. The summed E-state index contributed by atoms with van der Waals surface area (Å²) in [6.07, 6.45) is -0.0287. The second-order valence-corrected chi connectivity index (χ2v) is 4.38. The number of carbonyl (C=O) groups is 2. The first-order valence-electron chi connectivity index (χ1n) is 6.09. The first-order chi connectivity index (χ1) is 9.40. The van der Waals surface area contributed by atoms with E-state index in [2.05, 4.69) is 0 Å². The Labute approximate surface area is 115 Å². The van der Waals surface area contributed by atoms with E-state index < -0.39 is 29.5 Å². The number of hydrogen-bond acceptors (Lipinski definition) is 4. The lowest BCUT2D eigenvalue weighted by Gasteiger charge is -2.17. The second kappa shape index (κ2) is 7.57. The molecule has 0 radical (unpaired) electrons. The van der Waals surface area contributed by atoms with Crippen molar-refractivity contribution in [2.75, 3.05) is 13.2 Å². The van der Waals surface area contributed by atoms with Crippen LogP contribution in [-0.2, 0) is 25.5 Å². The molecule has 1 aromatic rings. The molecule has 0 aliphatic carbocycles. The van der Waals surface area contributed by atoms with E-state index in [1.165, 1.54) is 19.9 Å². The van der Waals surface area contributed by atoms with Gasteiger partial charge in [0.15, 0.2) is 0 Å². The SMILES string of the molecule is CC(=O)OCC(COC(C)=O)Cc1c(F)cccc1F. The van der Waals surface area contributed by atoms with Crippen LogP contribution in [0.5, 0.6) is 0 Å². The van der Waals surface area contributed by atoms with Crippen LogP contribution in [0.15, 0.2) is 18.2 Å². The van der Waals surface area contributed by atoms with Crippen LogP contribution in [0.3, 0.4) is 0 Å². The summed E-state index contributed by atoms with van der Waals surface area (Å²) in [7, 11) is 0. The van der Waals surface area contributed by atoms with Crippen molar-refractivity contribution in [2.24, 2.45) is 5.92 Å². The van der Waals surface area contributed by atoms with Gasteiger partial charge in [0.2, 0.25) is 0 Å². The summed E-state index contributed by atoms with van der Waals surface area (Å²) < 4.78 is 36.7. The highest BCUT2D eigenvalue weighted by Gasteiger charge is 2.18. The highest BCUT2D eigenvalue weighted by atomic mass is 19.1. The van der Waals surface area contributed by atoms with Gasteiger partial charge in [-0.25, -0.2) is 8.78 Å². The largest absolute Gasteiger partial charge is 0.465 e. The van der Waals surface area contributed by atoms with Gasteiger partial charge in [0.05, 0.1) is 13.2 Å². The Kier molecular flexibility index (Phi) is 6.09. The van der Waals surface area contributed by atoms with Crippen LogP contribution in [0.2, 0.25) is 0 Å². The Morgan fingerprint density at radius 1 is 1.05 bits per heavy atom. The fraction of sp³-hybridized carbons (Fsp3) is 0.429. The molecule has 1 rings (SSSR count). The Morgan fingerprint density at radius 3 is 1.90 bits per heavy atom. The monoisotopic (exact) mass is 286 g/mol. The second-order valence-electron chi connectivity index (χ2n) is 4.38. The first-order valence-corrected chi connectivity index (χ1v) is 6.09. The van der Waals surface area contributed by atoms with Gasteiger partial charge in [-0.15, -0.1) is 0 Å². The molecule has 0 saturated carbocycles. The molecule has 0 spiro atoms. The maximum Gasteiger partial charge on any atom is 0.302 e. The first kappa shape index (κ1) is 16.1. The van der Waals surface area contributed by atoms with E-state index in [9.17, 15) is 18.4 Å². The third-order valence-electron chi connectivity index (χ3n) is 2.60. The summed E-state index contributed by atoms with van der Waals surface area (Å²) in [5.41, 5.74) is -0.114. The Bertz CT molecular complexity index is 450. The van der Waals surface area contributed by atoms with Crippen molar-refractivity contribution in [3.05, 3.63) is 35.4 Å². The number of rotatable bonds is 6. The van der Waals surface area contributed by atoms with Crippen LogP contribution >= 0.6 is 0 Å². The van der Waals surface area contributed by atoms with E-state index in [0.717, 1.165) is 12.1 Å². The summed E-state index contributed by atoms with van der Waals surface area (Å²) in [5, 5.41) is 0. The third kappa shape index (κ3) is 5.34. The zero-order chi connectivity index (χ0) is 15.1. The van der Waals surface area contributed by atoms with Crippen LogP contribution in [0.25, 0.3) is 0 Å². The van der Waals surface area contributed by atoms with E-state index in [1.54, 1.807) is 0 Å². The summed E-state index contributed by atoms with van der Waals surface area (Å²) in [6.45, 7) is 2.31. The maximum absolute atomic E-state index is 13.6. The number of carbonyl (C=O) groups excluding carboxylic acids is 2. The van der Waals surface area contributed by atoms with Gasteiger partial charge in [-0.05, 0) is 18.6 Å². The molecular formula is C14H16F2O4. The van der Waals surface area contributed by atoms with E-state index in [0.29, 0.717) is 0 Å². The predicted octanol–water partition coefficient (Wildman–Crippen LogP) is 2.25. The third-order valence-corrected chi connectivity index (χ3v) is 2.60. The minimum absolute atomic E-state index is 0.0287. The van der Waals surface area contributed by atoms with Crippen molar-refractivity contribution in [2.45, 2.75) is 20.3 Å². The predicted molar refractivity (Wildman–Crippen MR) is 66.8 cm³/mol. The number of esters is 2. The van der Waals surface area contributed by atoms with E-state index >= 15 is 0 Å². The minimum atomic E-state index is -0.680. The van der Waals surface area contributed by atoms with Gasteiger partial charge in [-0.3, -0.25) is 9.59 Å². The molecule has 0 aliphatic heterocycles. The fourth-order valence-electron chi connectivity index (χ4n) is 1.65. The molecule has 0 aliphatic rings. The van der Waals surface area contributed by atoms with Crippen molar-refractivity contribution in [3.8, 4) is 0 Å². The lowest BCUT2D eigenvalue weighted by atomic mass is 10.00. The molecule has 0 aromatic heterocycles. The fourth-order valence-corrected chi connectivity index (χ4v) is 1.65. The van der Waals surface area contributed by atoms with Gasteiger partial charge in [0.1, 0.15) is 11.6 Å². The van der Waals surface area contributed by atoms with E-state index in [-0.39, 0.29) is 25.2 Å². The molecule has 4 nitrogen and oxygen atoms in total. The summed E-state index contributed by atoms with van der Waals surface area (Å²) >= 11 is 0. The zero-order valence-electron chi connectivity index (χ0n) is 11.3. The van der Waals surface area contributed by atoms with Crippen molar-refractivity contribution in [1.29, 1.82) is 0 Å². The summed E-state index contributed by atoms with van der Waals surface area (Å²) in [4.78, 5) is 21.6. The Balaban J connectivity index is 2.76. The molecule has 110 valence electrons. The number of halogens is 2.